The molecule has 0 amide bonds. The molecule has 0 fully saturated rings. The Morgan fingerprint density at radius 3 is 3.06 bits per heavy atom. The molecular formula is C10H17N3O3S. The number of hydrogen-bond acceptors (Lipinski definition) is 5. The molecule has 0 bridgehead atoms. The Hall–Kier alpha value is -1.08. The summed E-state index contributed by atoms with van der Waals surface area (Å²) in [5.41, 5.74) is 0. The predicted molar refractivity (Wildman–Crippen MR) is 64.0 cm³/mol. The number of hydrogen-bond donors (Lipinski definition) is 1. The maximum absolute atomic E-state index is 10.4. The van der Waals surface area contributed by atoms with Gasteiger partial charge in [0.05, 0.1) is 12.4 Å². The number of thioether (sulfide) groups is 1. The first-order valence-corrected chi connectivity index (χ1v) is 6.38. The number of nitrogens with zero attached hydrogens (tertiary/aromatic N) is 3. The summed E-state index contributed by atoms with van der Waals surface area (Å²) in [7, 11) is 0. The number of ether oxygens (including phenoxy) is 1. The van der Waals surface area contributed by atoms with E-state index in [1.165, 1.54) is 0 Å². The standard InChI is InChI=1S/C10H17N3O3S/c1-8(2)5-16-4-3-13-7-11-12-10(13)17-6-9(14)15/h7-8H,3-6H2,1-2H3,(H,14,15). The molecule has 0 atom stereocenters. The quantitative estimate of drug-likeness (QED) is 0.557. The van der Waals surface area contributed by atoms with Gasteiger partial charge in [-0.05, 0) is 5.92 Å². The van der Waals surface area contributed by atoms with Crippen LogP contribution in [0.3, 0.4) is 0 Å². The Bertz CT molecular complexity index is 354. The second kappa shape index (κ2) is 7.29. The van der Waals surface area contributed by atoms with E-state index in [0.29, 0.717) is 24.2 Å². The molecule has 7 heteroatoms. The molecule has 17 heavy (non-hydrogen) atoms. The number of carboxylic acid groups (broad SMARTS) is 1. The second-order valence-corrected chi connectivity index (χ2v) is 4.90. The molecular weight excluding hydrogens is 242 g/mol. The molecule has 1 N–H and O–H groups in total. The van der Waals surface area contributed by atoms with E-state index in [9.17, 15) is 4.79 Å². The van der Waals surface area contributed by atoms with Crippen molar-refractivity contribution in [3.8, 4) is 0 Å². The van der Waals surface area contributed by atoms with E-state index >= 15 is 0 Å². The van der Waals surface area contributed by atoms with Crippen LogP contribution >= 0.6 is 11.8 Å². The van der Waals surface area contributed by atoms with Gasteiger partial charge in [-0.2, -0.15) is 0 Å². The molecule has 0 saturated carbocycles. The van der Waals surface area contributed by atoms with Crippen LogP contribution in [-0.2, 0) is 16.1 Å². The van der Waals surface area contributed by atoms with E-state index in [2.05, 4.69) is 24.0 Å². The van der Waals surface area contributed by atoms with E-state index in [1.807, 2.05) is 0 Å². The number of carbonyl (C=O) groups is 1. The Balaban J connectivity index is 2.32. The molecule has 0 aromatic carbocycles. The van der Waals surface area contributed by atoms with Gasteiger partial charge in [-0.1, -0.05) is 25.6 Å². The van der Waals surface area contributed by atoms with Gasteiger partial charge >= 0.3 is 5.97 Å². The van der Waals surface area contributed by atoms with E-state index in [0.717, 1.165) is 18.4 Å². The van der Waals surface area contributed by atoms with Crippen LogP contribution < -0.4 is 0 Å². The van der Waals surface area contributed by atoms with Gasteiger partial charge in [0.15, 0.2) is 5.16 Å². The number of aromatic nitrogens is 3. The van der Waals surface area contributed by atoms with Crippen LogP contribution in [0.5, 0.6) is 0 Å². The zero-order valence-electron chi connectivity index (χ0n) is 10.00. The highest BCUT2D eigenvalue weighted by atomic mass is 32.2. The average molecular weight is 259 g/mol. The van der Waals surface area contributed by atoms with E-state index in [4.69, 9.17) is 9.84 Å². The summed E-state index contributed by atoms with van der Waals surface area (Å²) >= 11 is 1.16. The third-order valence-electron chi connectivity index (χ3n) is 1.83. The van der Waals surface area contributed by atoms with Gasteiger partial charge < -0.3 is 14.4 Å². The van der Waals surface area contributed by atoms with Crippen molar-refractivity contribution >= 4 is 17.7 Å². The first kappa shape index (κ1) is 14.0. The normalized spacial score (nSPS) is 11.0. The first-order valence-electron chi connectivity index (χ1n) is 5.39. The van der Waals surface area contributed by atoms with Crippen molar-refractivity contribution in [3.05, 3.63) is 6.33 Å². The van der Waals surface area contributed by atoms with Crippen LogP contribution in [-0.4, -0.2) is 44.8 Å². The van der Waals surface area contributed by atoms with Crippen molar-refractivity contribution in [1.82, 2.24) is 14.8 Å². The monoisotopic (exact) mass is 259 g/mol. The van der Waals surface area contributed by atoms with Gasteiger partial charge in [-0.15, -0.1) is 10.2 Å². The lowest BCUT2D eigenvalue weighted by Crippen LogP contribution is -2.10. The Morgan fingerprint density at radius 2 is 2.41 bits per heavy atom. The van der Waals surface area contributed by atoms with Crippen LogP contribution in [0.2, 0.25) is 0 Å². The van der Waals surface area contributed by atoms with Crippen LogP contribution in [0.15, 0.2) is 11.5 Å². The zero-order valence-corrected chi connectivity index (χ0v) is 10.8. The minimum Gasteiger partial charge on any atom is -0.481 e. The summed E-state index contributed by atoms with van der Waals surface area (Å²) in [6.45, 7) is 6.12. The Labute approximate surface area is 104 Å². The SMILES string of the molecule is CC(C)COCCn1cnnc1SCC(=O)O. The summed E-state index contributed by atoms with van der Waals surface area (Å²) in [6, 6.07) is 0. The van der Waals surface area contributed by atoms with Gasteiger partial charge in [-0.25, -0.2) is 0 Å². The molecule has 0 aliphatic heterocycles. The molecule has 0 aliphatic rings. The first-order chi connectivity index (χ1) is 8.09. The fourth-order valence-corrected chi connectivity index (χ4v) is 1.78. The Kier molecular flexibility index (Phi) is 5.99. The number of aliphatic carboxylic acids is 1. The fourth-order valence-electron chi connectivity index (χ4n) is 1.12. The molecule has 0 saturated heterocycles. The summed E-state index contributed by atoms with van der Waals surface area (Å²) in [5, 5.41) is 16.8. The number of rotatable bonds is 8. The molecule has 0 aliphatic carbocycles. The average Bonchev–Trinajstić information content (AvgIpc) is 2.68. The lowest BCUT2D eigenvalue weighted by Gasteiger charge is -2.08. The summed E-state index contributed by atoms with van der Waals surface area (Å²) < 4.78 is 7.25. The molecule has 1 aromatic heterocycles. The zero-order chi connectivity index (χ0) is 12.7. The van der Waals surface area contributed by atoms with Crippen LogP contribution in [0.25, 0.3) is 0 Å². The Morgan fingerprint density at radius 1 is 1.65 bits per heavy atom. The summed E-state index contributed by atoms with van der Waals surface area (Å²) in [4.78, 5) is 10.4. The fraction of sp³-hybridized carbons (Fsp3) is 0.700. The summed E-state index contributed by atoms with van der Waals surface area (Å²) in [5.74, 6) is -0.358. The smallest absolute Gasteiger partial charge is 0.313 e. The van der Waals surface area contributed by atoms with Crippen molar-refractivity contribution in [2.24, 2.45) is 5.92 Å². The molecule has 1 aromatic rings. The van der Waals surface area contributed by atoms with Crippen molar-refractivity contribution in [3.63, 3.8) is 0 Å². The predicted octanol–water partition coefficient (Wildman–Crippen LogP) is 1.13. The number of carboxylic acids is 1. The maximum Gasteiger partial charge on any atom is 0.313 e. The van der Waals surface area contributed by atoms with Crippen molar-refractivity contribution in [2.45, 2.75) is 25.5 Å². The summed E-state index contributed by atoms with van der Waals surface area (Å²) in [6.07, 6.45) is 1.59. The molecule has 0 spiro atoms. The molecule has 0 unspecified atom stereocenters. The van der Waals surface area contributed by atoms with Crippen LogP contribution in [0.4, 0.5) is 0 Å². The largest absolute Gasteiger partial charge is 0.481 e. The topological polar surface area (TPSA) is 77.2 Å². The van der Waals surface area contributed by atoms with Gasteiger partial charge in [0.1, 0.15) is 6.33 Å². The lowest BCUT2D eigenvalue weighted by atomic mass is 10.2. The molecule has 6 nitrogen and oxygen atoms in total. The van der Waals surface area contributed by atoms with E-state index in [-0.39, 0.29) is 5.75 Å². The van der Waals surface area contributed by atoms with Crippen molar-refractivity contribution < 1.29 is 14.6 Å². The highest BCUT2D eigenvalue weighted by molar-refractivity contribution is 7.99. The van der Waals surface area contributed by atoms with E-state index < -0.39 is 5.97 Å². The second-order valence-electron chi connectivity index (χ2n) is 3.96. The third-order valence-corrected chi connectivity index (χ3v) is 2.80. The van der Waals surface area contributed by atoms with Crippen LogP contribution in [0.1, 0.15) is 13.8 Å². The molecule has 1 heterocycles. The van der Waals surface area contributed by atoms with Crippen molar-refractivity contribution in [1.29, 1.82) is 0 Å². The minimum atomic E-state index is -0.861. The lowest BCUT2D eigenvalue weighted by molar-refractivity contribution is -0.133. The molecule has 0 radical (unpaired) electrons. The van der Waals surface area contributed by atoms with Gasteiger partial charge in [-0.3, -0.25) is 4.79 Å². The van der Waals surface area contributed by atoms with Crippen LogP contribution in [0, 0.1) is 5.92 Å². The maximum atomic E-state index is 10.4. The third kappa shape index (κ3) is 5.69. The molecule has 1 rings (SSSR count). The van der Waals surface area contributed by atoms with Crippen molar-refractivity contribution in [2.75, 3.05) is 19.0 Å². The minimum absolute atomic E-state index is 0.00839. The molecule has 96 valence electrons. The van der Waals surface area contributed by atoms with Gasteiger partial charge in [0.25, 0.3) is 0 Å². The van der Waals surface area contributed by atoms with Gasteiger partial charge in [0.2, 0.25) is 0 Å². The van der Waals surface area contributed by atoms with Gasteiger partial charge in [0, 0.05) is 13.2 Å². The highest BCUT2D eigenvalue weighted by Gasteiger charge is 2.07. The van der Waals surface area contributed by atoms with E-state index in [1.54, 1.807) is 10.9 Å². The highest BCUT2D eigenvalue weighted by Crippen LogP contribution is 2.13.